The minimum absolute atomic E-state index is 0.0148. The molecule has 2 aliphatic carbocycles. The lowest BCUT2D eigenvalue weighted by Crippen LogP contribution is -2.39. The Morgan fingerprint density at radius 3 is 2.09 bits per heavy atom. The summed E-state index contributed by atoms with van der Waals surface area (Å²) in [6.45, 7) is 2.34. The summed E-state index contributed by atoms with van der Waals surface area (Å²) in [7, 11) is 0. The van der Waals surface area contributed by atoms with Crippen molar-refractivity contribution in [3.63, 3.8) is 0 Å². The average Bonchev–Trinajstić information content (AvgIpc) is 3.88. The molecule has 0 bridgehead atoms. The maximum atomic E-state index is 7.13. The van der Waals surface area contributed by atoms with E-state index in [1.54, 1.807) is 0 Å². The molecule has 3 aromatic heterocycles. The van der Waals surface area contributed by atoms with E-state index in [1.165, 1.54) is 77.1 Å². The van der Waals surface area contributed by atoms with E-state index in [2.05, 4.69) is 210 Å². The SMILES string of the molecule is CC1C=CC2=C(C1)n1c3ccccc3c3cccc(c31)C21c2ccccc2Oc2cc3c4ccccc4n(C4C=CC=C(c5cc(-c6ccccc6)nc(-c6ccccc6)n5)C4)c3cc21. The summed E-state index contributed by atoms with van der Waals surface area (Å²) < 4.78 is 12.3. The first-order chi connectivity index (χ1) is 32.1. The van der Waals surface area contributed by atoms with Crippen LogP contribution >= 0.6 is 0 Å². The molecule has 7 aromatic carbocycles. The van der Waals surface area contributed by atoms with Gasteiger partial charge in [0.25, 0.3) is 0 Å². The van der Waals surface area contributed by atoms with Crippen molar-refractivity contribution in [2.45, 2.75) is 31.2 Å². The molecule has 0 saturated heterocycles. The first-order valence-corrected chi connectivity index (χ1v) is 22.8. The zero-order valence-corrected chi connectivity index (χ0v) is 35.8. The van der Waals surface area contributed by atoms with E-state index in [4.69, 9.17) is 14.7 Å². The van der Waals surface area contributed by atoms with Crippen LogP contribution in [0, 0.1) is 5.92 Å². The van der Waals surface area contributed by atoms with Gasteiger partial charge in [0.05, 0.1) is 39.4 Å². The molecule has 5 heterocycles. The Morgan fingerprint density at radius 1 is 0.554 bits per heavy atom. The number of ether oxygens (including phenoxy) is 1. The lowest BCUT2D eigenvalue weighted by Gasteiger charge is -2.46. The highest BCUT2D eigenvalue weighted by molar-refractivity contribution is 6.14. The number of benzene rings is 7. The van der Waals surface area contributed by atoms with Gasteiger partial charge in [-0.25, -0.2) is 9.97 Å². The Balaban J connectivity index is 1.00. The van der Waals surface area contributed by atoms with Gasteiger partial charge in [0, 0.05) is 55.0 Å². The first kappa shape index (κ1) is 36.5. The van der Waals surface area contributed by atoms with Gasteiger partial charge in [-0.05, 0) is 71.9 Å². The Bertz CT molecular complexity index is 3710. The van der Waals surface area contributed by atoms with Crippen molar-refractivity contribution in [3.05, 3.63) is 228 Å². The minimum atomic E-state index is -0.633. The fourth-order valence-corrected chi connectivity index (χ4v) is 11.7. The molecular formula is C60H42N4O. The normalized spacial score (nSPS) is 19.4. The third-order valence-electron chi connectivity index (χ3n) is 14.5. The van der Waals surface area contributed by atoms with E-state index in [0.717, 1.165) is 52.7 Å². The summed E-state index contributed by atoms with van der Waals surface area (Å²) >= 11 is 0. The number of fused-ring (bicyclic) bond motifs is 13. The molecule has 3 unspecified atom stereocenters. The molecule has 1 spiro atoms. The van der Waals surface area contributed by atoms with Crippen molar-refractivity contribution in [1.29, 1.82) is 0 Å². The number of nitrogens with zero attached hydrogens (tertiary/aromatic N) is 4. The predicted octanol–water partition coefficient (Wildman–Crippen LogP) is 14.9. The molecule has 10 aromatic rings. The van der Waals surface area contributed by atoms with Gasteiger partial charge in [0.15, 0.2) is 5.82 Å². The van der Waals surface area contributed by atoms with E-state index in [9.17, 15) is 0 Å². The molecule has 14 rings (SSSR count). The topological polar surface area (TPSA) is 44.9 Å². The molecule has 0 radical (unpaired) electrons. The molecular weight excluding hydrogens is 793 g/mol. The maximum absolute atomic E-state index is 7.13. The number of aromatic nitrogens is 4. The Labute approximate surface area is 376 Å². The zero-order valence-electron chi connectivity index (χ0n) is 35.8. The number of hydrogen-bond acceptors (Lipinski definition) is 3. The van der Waals surface area contributed by atoms with E-state index < -0.39 is 5.41 Å². The van der Waals surface area contributed by atoms with E-state index in [0.29, 0.717) is 5.92 Å². The van der Waals surface area contributed by atoms with E-state index >= 15 is 0 Å². The molecule has 308 valence electrons. The highest BCUT2D eigenvalue weighted by Gasteiger charge is 2.51. The van der Waals surface area contributed by atoms with Crippen LogP contribution < -0.4 is 4.74 Å². The smallest absolute Gasteiger partial charge is 0.160 e. The average molecular weight is 835 g/mol. The molecule has 3 atom stereocenters. The van der Waals surface area contributed by atoms with Gasteiger partial charge in [0.1, 0.15) is 11.5 Å². The molecule has 0 fully saturated rings. The van der Waals surface area contributed by atoms with Crippen molar-refractivity contribution < 1.29 is 4.74 Å². The van der Waals surface area contributed by atoms with Crippen molar-refractivity contribution in [3.8, 4) is 34.1 Å². The van der Waals surface area contributed by atoms with Crippen LogP contribution in [0.2, 0.25) is 0 Å². The first-order valence-electron chi connectivity index (χ1n) is 22.8. The van der Waals surface area contributed by atoms with Gasteiger partial charge < -0.3 is 13.9 Å². The van der Waals surface area contributed by atoms with Crippen LogP contribution in [0.25, 0.3) is 77.5 Å². The number of rotatable bonds is 4. The second kappa shape index (κ2) is 13.7. The summed E-state index contributed by atoms with van der Waals surface area (Å²) in [5.41, 5.74) is 15.7. The Morgan fingerprint density at radius 2 is 1.25 bits per heavy atom. The zero-order chi connectivity index (χ0) is 42.8. The summed E-state index contributed by atoms with van der Waals surface area (Å²) in [5.74, 6) is 2.93. The third kappa shape index (κ3) is 5.15. The lowest BCUT2D eigenvalue weighted by atomic mass is 9.60. The van der Waals surface area contributed by atoms with E-state index in [1.807, 2.05) is 6.07 Å². The van der Waals surface area contributed by atoms with Crippen LogP contribution in [0.3, 0.4) is 0 Å². The molecule has 2 aliphatic heterocycles. The summed E-state index contributed by atoms with van der Waals surface area (Å²) in [6, 6.07) is 61.3. The van der Waals surface area contributed by atoms with Crippen LogP contribution in [0.4, 0.5) is 0 Å². The Hall–Kier alpha value is -8.02. The van der Waals surface area contributed by atoms with Gasteiger partial charge in [-0.1, -0.05) is 171 Å². The highest BCUT2D eigenvalue weighted by atomic mass is 16.5. The van der Waals surface area contributed by atoms with Crippen LogP contribution in [-0.2, 0) is 5.41 Å². The van der Waals surface area contributed by atoms with Crippen molar-refractivity contribution in [2.75, 3.05) is 0 Å². The number of hydrogen-bond donors (Lipinski definition) is 0. The van der Waals surface area contributed by atoms with Gasteiger partial charge in [-0.2, -0.15) is 0 Å². The van der Waals surface area contributed by atoms with Crippen molar-refractivity contribution >= 4 is 54.9 Å². The van der Waals surface area contributed by atoms with Crippen LogP contribution in [0.1, 0.15) is 48.2 Å². The summed E-state index contributed by atoms with van der Waals surface area (Å²) in [4.78, 5) is 10.4. The Kier molecular flexibility index (Phi) is 7.71. The molecule has 5 nitrogen and oxygen atoms in total. The number of para-hydroxylation sites is 4. The predicted molar refractivity (Wildman–Crippen MR) is 265 cm³/mol. The molecule has 4 aliphatic rings. The van der Waals surface area contributed by atoms with Crippen molar-refractivity contribution in [1.82, 2.24) is 19.1 Å². The van der Waals surface area contributed by atoms with Gasteiger partial charge in [-0.3, -0.25) is 0 Å². The van der Waals surface area contributed by atoms with Crippen LogP contribution in [-0.4, -0.2) is 19.1 Å². The monoisotopic (exact) mass is 834 g/mol. The standard InChI is InChI=1S/C60H42N4O/c1-37-30-31-46-55(32-37)64-53-28-12-8-22-42(53)44-24-15-26-48(58(44)64)60(46)47-25-10-13-29-56(47)65-57-34-45-43-23-9-11-27-52(43)63(54(45)35-49(57)60)41-21-14-20-40(33-41)51-36-50(38-16-4-2-5-17-38)61-59(62-51)39-18-6-3-7-19-39/h2-31,34-37,41H,32-33H2,1H3. The fourth-order valence-electron chi connectivity index (χ4n) is 11.7. The molecule has 5 heteroatoms. The van der Waals surface area contributed by atoms with Crippen LogP contribution in [0.5, 0.6) is 11.5 Å². The largest absolute Gasteiger partial charge is 0.457 e. The third-order valence-corrected chi connectivity index (χ3v) is 14.5. The summed E-state index contributed by atoms with van der Waals surface area (Å²) in [5, 5.41) is 4.97. The van der Waals surface area contributed by atoms with Crippen LogP contribution in [0.15, 0.2) is 206 Å². The van der Waals surface area contributed by atoms with Crippen molar-refractivity contribution in [2.24, 2.45) is 5.92 Å². The highest BCUT2D eigenvalue weighted by Crippen LogP contribution is 2.62. The molecule has 0 saturated carbocycles. The minimum Gasteiger partial charge on any atom is -0.457 e. The number of allylic oxidation sites excluding steroid dienone is 8. The quantitative estimate of drug-likeness (QED) is 0.177. The maximum Gasteiger partial charge on any atom is 0.160 e. The summed E-state index contributed by atoms with van der Waals surface area (Å²) in [6.07, 6.45) is 13.4. The second-order valence-corrected chi connectivity index (χ2v) is 18.1. The molecule has 0 N–H and O–H groups in total. The molecule has 65 heavy (non-hydrogen) atoms. The lowest BCUT2D eigenvalue weighted by molar-refractivity contribution is 0.434. The van der Waals surface area contributed by atoms with E-state index in [-0.39, 0.29) is 6.04 Å². The van der Waals surface area contributed by atoms with Gasteiger partial charge >= 0.3 is 0 Å². The molecule has 0 amide bonds. The second-order valence-electron chi connectivity index (χ2n) is 18.1. The fraction of sp³-hybridized carbons (Fsp3) is 0.100. The van der Waals surface area contributed by atoms with Gasteiger partial charge in [-0.15, -0.1) is 0 Å². The van der Waals surface area contributed by atoms with Gasteiger partial charge in [0.2, 0.25) is 0 Å².